The minimum absolute atomic E-state index is 0.00498. The van der Waals surface area contributed by atoms with Gasteiger partial charge in [-0.15, -0.1) is 0 Å². The van der Waals surface area contributed by atoms with Crippen molar-refractivity contribution in [1.29, 1.82) is 0 Å². The van der Waals surface area contributed by atoms with Gasteiger partial charge in [0.25, 0.3) is 0 Å². The van der Waals surface area contributed by atoms with Gasteiger partial charge in [-0.05, 0) is 23.4 Å². The van der Waals surface area contributed by atoms with Gasteiger partial charge >= 0.3 is 5.38 Å². The minimum atomic E-state index is -3.51. The number of halogens is 3. The second-order valence-corrected chi connectivity index (χ2v) is 3.59. The molecule has 1 N–H and O–H groups in total. The highest BCUT2D eigenvalue weighted by Crippen LogP contribution is 2.31. The number of rotatable bonds is 3. The van der Waals surface area contributed by atoms with Gasteiger partial charge in [-0.2, -0.15) is 8.78 Å². The molecule has 0 saturated heterocycles. The molecule has 4 heteroatoms. The minimum Gasteiger partial charge on any atom is -0.385 e. The van der Waals surface area contributed by atoms with Crippen LogP contribution in [0.15, 0.2) is 0 Å². The van der Waals surface area contributed by atoms with Gasteiger partial charge in [-0.1, -0.05) is 20.8 Å². The van der Waals surface area contributed by atoms with Gasteiger partial charge in [0.1, 0.15) is 6.10 Å². The van der Waals surface area contributed by atoms with E-state index in [4.69, 9.17) is 5.11 Å². The lowest BCUT2D eigenvalue weighted by Gasteiger charge is -2.25. The van der Waals surface area contributed by atoms with E-state index in [-0.39, 0.29) is 5.92 Å². The van der Waals surface area contributed by atoms with Crippen LogP contribution >= 0.6 is 11.6 Å². The topological polar surface area (TPSA) is 20.2 Å². The standard InChI is InChI=1S/C7H13ClF2O/c1-4(2)5(3)6(11)7(8,9)10/h4-6,11H,1-3H3. The molecule has 0 aromatic carbocycles. The van der Waals surface area contributed by atoms with Crippen molar-refractivity contribution in [3.63, 3.8) is 0 Å². The molecule has 0 aliphatic carbocycles. The summed E-state index contributed by atoms with van der Waals surface area (Å²) in [7, 11) is 0. The summed E-state index contributed by atoms with van der Waals surface area (Å²) < 4.78 is 24.5. The Hall–Kier alpha value is 0.110. The predicted molar refractivity (Wildman–Crippen MR) is 40.8 cm³/mol. The highest BCUT2D eigenvalue weighted by molar-refractivity contribution is 6.22. The maximum absolute atomic E-state index is 12.2. The Labute approximate surface area is 70.4 Å². The summed E-state index contributed by atoms with van der Waals surface area (Å²) >= 11 is 4.64. The van der Waals surface area contributed by atoms with Crippen LogP contribution in [0.4, 0.5) is 8.78 Å². The summed E-state index contributed by atoms with van der Waals surface area (Å²) in [5.74, 6) is -0.503. The molecule has 0 aromatic rings. The molecule has 2 atom stereocenters. The average Bonchev–Trinajstić information content (AvgIpc) is 1.82. The van der Waals surface area contributed by atoms with E-state index in [0.29, 0.717) is 0 Å². The van der Waals surface area contributed by atoms with Crippen molar-refractivity contribution >= 4 is 11.6 Å². The molecular weight excluding hydrogens is 174 g/mol. The summed E-state index contributed by atoms with van der Waals surface area (Å²) in [5.41, 5.74) is 0. The Morgan fingerprint density at radius 1 is 1.27 bits per heavy atom. The monoisotopic (exact) mass is 186 g/mol. The number of aliphatic hydroxyl groups excluding tert-OH is 1. The lowest BCUT2D eigenvalue weighted by atomic mass is 9.92. The van der Waals surface area contributed by atoms with Gasteiger partial charge in [-0.3, -0.25) is 0 Å². The summed E-state index contributed by atoms with van der Waals surface area (Å²) in [6, 6.07) is 0. The van der Waals surface area contributed by atoms with Crippen molar-refractivity contribution in [2.45, 2.75) is 32.3 Å². The quantitative estimate of drug-likeness (QED) is 0.672. The van der Waals surface area contributed by atoms with Crippen molar-refractivity contribution in [2.75, 3.05) is 0 Å². The molecule has 0 radical (unpaired) electrons. The zero-order valence-corrected chi connectivity index (χ0v) is 7.57. The Bertz CT molecular complexity index is 122. The molecule has 1 nitrogen and oxygen atoms in total. The number of hydrogen-bond acceptors (Lipinski definition) is 1. The van der Waals surface area contributed by atoms with Crippen LogP contribution in [0, 0.1) is 11.8 Å². The molecule has 2 unspecified atom stereocenters. The molecule has 0 fully saturated rings. The van der Waals surface area contributed by atoms with Gasteiger partial charge in [0, 0.05) is 0 Å². The number of hydrogen-bond donors (Lipinski definition) is 1. The Morgan fingerprint density at radius 2 is 1.64 bits per heavy atom. The SMILES string of the molecule is CC(C)C(C)C(O)C(F)(F)Cl. The van der Waals surface area contributed by atoms with Crippen LogP contribution in [0.1, 0.15) is 20.8 Å². The Balaban J connectivity index is 4.13. The van der Waals surface area contributed by atoms with Crippen molar-refractivity contribution in [1.82, 2.24) is 0 Å². The fourth-order valence-electron chi connectivity index (χ4n) is 0.663. The van der Waals surface area contributed by atoms with Crippen molar-refractivity contribution in [3.8, 4) is 0 Å². The van der Waals surface area contributed by atoms with Crippen molar-refractivity contribution in [2.24, 2.45) is 11.8 Å². The van der Waals surface area contributed by atoms with Crippen LogP contribution in [0.25, 0.3) is 0 Å². The van der Waals surface area contributed by atoms with Gasteiger partial charge < -0.3 is 5.11 Å². The molecule has 11 heavy (non-hydrogen) atoms. The van der Waals surface area contributed by atoms with Crippen LogP contribution < -0.4 is 0 Å². The lowest BCUT2D eigenvalue weighted by Crippen LogP contribution is -2.36. The second-order valence-electron chi connectivity index (χ2n) is 3.09. The number of alkyl halides is 3. The Morgan fingerprint density at radius 3 is 1.73 bits per heavy atom. The predicted octanol–water partition coefficient (Wildman–Crippen LogP) is 2.47. The van der Waals surface area contributed by atoms with E-state index in [2.05, 4.69) is 11.6 Å². The van der Waals surface area contributed by atoms with Crippen LogP contribution in [0.3, 0.4) is 0 Å². The third kappa shape index (κ3) is 3.34. The molecule has 0 rings (SSSR count). The molecule has 0 bridgehead atoms. The smallest absolute Gasteiger partial charge is 0.347 e. The average molecular weight is 187 g/mol. The molecule has 0 aliphatic rings. The summed E-state index contributed by atoms with van der Waals surface area (Å²) in [4.78, 5) is 0. The lowest BCUT2D eigenvalue weighted by molar-refractivity contribution is -0.0760. The van der Waals surface area contributed by atoms with E-state index < -0.39 is 17.4 Å². The second kappa shape index (κ2) is 3.68. The van der Waals surface area contributed by atoms with Gasteiger partial charge in [-0.25, -0.2) is 0 Å². The van der Waals surface area contributed by atoms with Crippen LogP contribution in [-0.4, -0.2) is 16.6 Å². The molecule has 68 valence electrons. The summed E-state index contributed by atoms with van der Waals surface area (Å²) in [6.07, 6.45) is -1.76. The van der Waals surface area contributed by atoms with E-state index in [1.54, 1.807) is 20.8 Å². The van der Waals surface area contributed by atoms with Gasteiger partial charge in [0.2, 0.25) is 0 Å². The fraction of sp³-hybridized carbons (Fsp3) is 1.00. The van der Waals surface area contributed by atoms with Crippen LogP contribution in [-0.2, 0) is 0 Å². The third-order valence-corrected chi connectivity index (χ3v) is 2.11. The van der Waals surface area contributed by atoms with Crippen molar-refractivity contribution < 1.29 is 13.9 Å². The first-order valence-electron chi connectivity index (χ1n) is 3.51. The molecule has 0 amide bonds. The van der Waals surface area contributed by atoms with E-state index >= 15 is 0 Å². The van der Waals surface area contributed by atoms with Crippen molar-refractivity contribution in [3.05, 3.63) is 0 Å². The molecule has 0 aliphatic heterocycles. The zero-order valence-electron chi connectivity index (χ0n) is 6.81. The highest BCUT2D eigenvalue weighted by Gasteiger charge is 2.40. The fourth-order valence-corrected chi connectivity index (χ4v) is 0.861. The highest BCUT2D eigenvalue weighted by atomic mass is 35.5. The number of aliphatic hydroxyl groups is 1. The van der Waals surface area contributed by atoms with E-state index in [9.17, 15) is 8.78 Å². The normalized spacial score (nSPS) is 18.5. The molecule has 0 heterocycles. The first-order valence-corrected chi connectivity index (χ1v) is 3.89. The summed E-state index contributed by atoms with van der Waals surface area (Å²) in [5, 5.41) is 5.43. The first-order chi connectivity index (χ1) is 4.76. The van der Waals surface area contributed by atoms with Crippen LogP contribution in [0.2, 0.25) is 0 Å². The summed E-state index contributed by atoms with van der Waals surface area (Å²) in [6.45, 7) is 5.07. The molecule has 0 spiro atoms. The third-order valence-electron chi connectivity index (χ3n) is 1.88. The first kappa shape index (κ1) is 11.1. The molecule has 0 aromatic heterocycles. The van der Waals surface area contributed by atoms with E-state index in [1.807, 2.05) is 0 Å². The van der Waals surface area contributed by atoms with Crippen LogP contribution in [0.5, 0.6) is 0 Å². The van der Waals surface area contributed by atoms with Gasteiger partial charge in [0.05, 0.1) is 0 Å². The van der Waals surface area contributed by atoms with Gasteiger partial charge in [0.15, 0.2) is 0 Å². The van der Waals surface area contributed by atoms with E-state index in [1.165, 1.54) is 0 Å². The van der Waals surface area contributed by atoms with E-state index in [0.717, 1.165) is 0 Å². The molecular formula is C7H13ClF2O. The maximum atomic E-state index is 12.2. The Kier molecular flexibility index (Phi) is 3.71. The largest absolute Gasteiger partial charge is 0.385 e. The maximum Gasteiger partial charge on any atom is 0.347 e. The zero-order chi connectivity index (χ0) is 9.23. The molecule has 0 saturated carbocycles.